The smallest absolute Gasteiger partial charge is 0.410 e. The molecule has 0 radical (unpaired) electrons. The molecule has 2 aliphatic heterocycles. The van der Waals surface area contributed by atoms with Crippen LogP contribution in [0.2, 0.25) is 0 Å². The minimum absolute atomic E-state index is 0.0744. The van der Waals surface area contributed by atoms with Crippen LogP contribution in [0.5, 0.6) is 0 Å². The predicted octanol–water partition coefficient (Wildman–Crippen LogP) is 0.800. The van der Waals surface area contributed by atoms with Crippen LogP contribution < -0.4 is 5.32 Å². The van der Waals surface area contributed by atoms with Crippen LogP contribution in [-0.4, -0.2) is 56.5 Å². The largest absolute Gasteiger partial charge is 0.444 e. The average molecular weight is 279 g/mol. The molecule has 7 nitrogen and oxygen atoms in total. The highest BCUT2D eigenvalue weighted by molar-refractivity contribution is 5.70. The molecule has 2 aliphatic rings. The number of carbonyl (C=O) groups is 1. The van der Waals surface area contributed by atoms with E-state index in [0.717, 1.165) is 19.5 Å². The van der Waals surface area contributed by atoms with Crippen LogP contribution in [0.15, 0.2) is 12.7 Å². The summed E-state index contributed by atoms with van der Waals surface area (Å²) >= 11 is 0. The van der Waals surface area contributed by atoms with Crippen molar-refractivity contribution in [1.29, 1.82) is 0 Å². The number of nitrogens with zero attached hydrogens (tertiary/aromatic N) is 4. The predicted molar refractivity (Wildman–Crippen MR) is 72.2 cm³/mol. The maximum atomic E-state index is 12.4. The standard InChI is InChI=1S/C13H21N5O2/c1-13(2,3)20-12(19)18-9-4-10(11(18)6-14-5-9)17-8-15-7-16-17/h7-11,14H,4-6H2,1-3H3/t9-,10-,11-/m0/s1. The third-order valence-corrected chi connectivity index (χ3v) is 3.82. The lowest BCUT2D eigenvalue weighted by molar-refractivity contribution is 0.00836. The Hall–Kier alpha value is -1.63. The quantitative estimate of drug-likeness (QED) is 0.823. The molecule has 7 heteroatoms. The lowest BCUT2D eigenvalue weighted by Crippen LogP contribution is -2.56. The second-order valence-corrected chi connectivity index (χ2v) is 6.45. The average Bonchev–Trinajstić information content (AvgIpc) is 2.92. The molecule has 3 rings (SSSR count). The number of carbonyl (C=O) groups excluding carboxylic acids is 1. The van der Waals surface area contributed by atoms with Crippen LogP contribution in [0, 0.1) is 0 Å². The van der Waals surface area contributed by atoms with E-state index < -0.39 is 5.60 Å². The molecule has 0 aliphatic carbocycles. The van der Waals surface area contributed by atoms with Gasteiger partial charge in [-0.3, -0.25) is 4.90 Å². The topological polar surface area (TPSA) is 72.3 Å². The maximum Gasteiger partial charge on any atom is 0.410 e. The number of hydrogen-bond donors (Lipinski definition) is 1. The van der Waals surface area contributed by atoms with Gasteiger partial charge < -0.3 is 10.1 Å². The summed E-state index contributed by atoms with van der Waals surface area (Å²) in [4.78, 5) is 18.3. The van der Waals surface area contributed by atoms with Crippen LogP contribution in [0.3, 0.4) is 0 Å². The Balaban J connectivity index is 1.80. The summed E-state index contributed by atoms with van der Waals surface area (Å²) in [5, 5.41) is 7.60. The van der Waals surface area contributed by atoms with Gasteiger partial charge in [0.25, 0.3) is 0 Å². The number of nitrogens with one attached hydrogen (secondary N) is 1. The molecule has 1 aromatic heterocycles. The zero-order chi connectivity index (χ0) is 14.3. The zero-order valence-electron chi connectivity index (χ0n) is 12.1. The summed E-state index contributed by atoms with van der Waals surface area (Å²) in [6, 6.07) is 0.410. The molecule has 3 heterocycles. The third-order valence-electron chi connectivity index (χ3n) is 3.82. The minimum atomic E-state index is -0.468. The van der Waals surface area contributed by atoms with Gasteiger partial charge in [0.1, 0.15) is 18.3 Å². The molecular weight excluding hydrogens is 258 g/mol. The Morgan fingerprint density at radius 1 is 1.35 bits per heavy atom. The van der Waals surface area contributed by atoms with Gasteiger partial charge in [-0.2, -0.15) is 5.10 Å². The second kappa shape index (κ2) is 4.73. The molecule has 1 aromatic rings. The Kier molecular flexibility index (Phi) is 3.16. The van der Waals surface area contributed by atoms with Gasteiger partial charge >= 0.3 is 6.09 Å². The van der Waals surface area contributed by atoms with Gasteiger partial charge in [0.2, 0.25) is 0 Å². The third kappa shape index (κ3) is 2.37. The van der Waals surface area contributed by atoms with Gasteiger partial charge in [-0.25, -0.2) is 14.5 Å². The van der Waals surface area contributed by atoms with E-state index in [-0.39, 0.29) is 24.2 Å². The van der Waals surface area contributed by atoms with E-state index in [4.69, 9.17) is 4.74 Å². The molecule has 0 unspecified atom stereocenters. The van der Waals surface area contributed by atoms with Gasteiger partial charge in [0, 0.05) is 13.1 Å². The molecular formula is C13H21N5O2. The number of piperazine rings is 1. The Morgan fingerprint density at radius 2 is 2.15 bits per heavy atom. The minimum Gasteiger partial charge on any atom is -0.444 e. The summed E-state index contributed by atoms with van der Waals surface area (Å²) in [5.41, 5.74) is -0.468. The van der Waals surface area contributed by atoms with Gasteiger partial charge in [0.05, 0.1) is 18.1 Å². The fourth-order valence-corrected chi connectivity index (χ4v) is 3.09. The van der Waals surface area contributed by atoms with Gasteiger partial charge in [-0.15, -0.1) is 0 Å². The van der Waals surface area contributed by atoms with E-state index in [0.29, 0.717) is 0 Å². The second-order valence-electron chi connectivity index (χ2n) is 6.45. The van der Waals surface area contributed by atoms with Crippen LogP contribution >= 0.6 is 0 Å². The maximum absolute atomic E-state index is 12.4. The highest BCUT2D eigenvalue weighted by atomic mass is 16.6. The number of fused-ring (bicyclic) bond motifs is 2. The fraction of sp³-hybridized carbons (Fsp3) is 0.769. The van der Waals surface area contributed by atoms with Gasteiger partial charge in [-0.05, 0) is 27.2 Å². The molecule has 1 N–H and O–H groups in total. The summed E-state index contributed by atoms with van der Waals surface area (Å²) in [5.74, 6) is 0. The number of rotatable bonds is 1. The molecule has 2 bridgehead atoms. The SMILES string of the molecule is CC(C)(C)OC(=O)N1[C@@H]2CNC[C@H]1[C@@H](n1cncn1)C2. The van der Waals surface area contributed by atoms with E-state index in [1.54, 1.807) is 6.33 Å². The molecule has 2 saturated heterocycles. The van der Waals surface area contributed by atoms with Crippen LogP contribution in [0.1, 0.15) is 33.2 Å². The van der Waals surface area contributed by atoms with E-state index >= 15 is 0 Å². The Morgan fingerprint density at radius 3 is 2.80 bits per heavy atom. The first kappa shape index (κ1) is 13.4. The van der Waals surface area contributed by atoms with Crippen LogP contribution in [-0.2, 0) is 4.74 Å². The summed E-state index contributed by atoms with van der Waals surface area (Å²) in [6.07, 6.45) is 3.92. The van der Waals surface area contributed by atoms with Crippen molar-refractivity contribution < 1.29 is 9.53 Å². The first-order valence-corrected chi connectivity index (χ1v) is 7.02. The van der Waals surface area contributed by atoms with Crippen LogP contribution in [0.4, 0.5) is 4.79 Å². The fourth-order valence-electron chi connectivity index (χ4n) is 3.09. The van der Waals surface area contributed by atoms with Crippen molar-refractivity contribution in [2.24, 2.45) is 0 Å². The Bertz CT molecular complexity index is 481. The van der Waals surface area contributed by atoms with Crippen molar-refractivity contribution in [1.82, 2.24) is 25.0 Å². The molecule has 0 spiro atoms. The molecule has 0 saturated carbocycles. The summed E-state index contributed by atoms with van der Waals surface area (Å²) in [6.45, 7) is 7.25. The Labute approximate surface area is 118 Å². The first-order chi connectivity index (χ1) is 9.46. The van der Waals surface area contributed by atoms with Crippen molar-refractivity contribution in [3.05, 3.63) is 12.7 Å². The number of hydrogen-bond acceptors (Lipinski definition) is 5. The lowest BCUT2D eigenvalue weighted by atomic mass is 10.1. The number of amides is 1. The molecule has 3 atom stereocenters. The summed E-state index contributed by atoms with van der Waals surface area (Å²) < 4.78 is 7.39. The van der Waals surface area contributed by atoms with Crippen molar-refractivity contribution in [2.75, 3.05) is 13.1 Å². The number of ether oxygens (including phenoxy) is 1. The van der Waals surface area contributed by atoms with Crippen molar-refractivity contribution in [3.8, 4) is 0 Å². The first-order valence-electron chi connectivity index (χ1n) is 7.02. The van der Waals surface area contributed by atoms with E-state index in [1.165, 1.54) is 6.33 Å². The van der Waals surface area contributed by atoms with Crippen molar-refractivity contribution in [3.63, 3.8) is 0 Å². The van der Waals surface area contributed by atoms with Gasteiger partial charge in [0.15, 0.2) is 0 Å². The van der Waals surface area contributed by atoms with E-state index in [1.807, 2.05) is 30.4 Å². The van der Waals surface area contributed by atoms with Gasteiger partial charge in [-0.1, -0.05) is 0 Å². The van der Waals surface area contributed by atoms with E-state index in [2.05, 4.69) is 15.4 Å². The highest BCUT2D eigenvalue weighted by Gasteiger charge is 2.48. The highest BCUT2D eigenvalue weighted by Crippen LogP contribution is 2.36. The molecule has 0 aromatic carbocycles. The normalized spacial score (nSPS) is 29.6. The molecule has 110 valence electrons. The molecule has 2 fully saturated rings. The van der Waals surface area contributed by atoms with Crippen molar-refractivity contribution >= 4 is 6.09 Å². The van der Waals surface area contributed by atoms with E-state index in [9.17, 15) is 4.79 Å². The molecule has 20 heavy (non-hydrogen) atoms. The van der Waals surface area contributed by atoms with Crippen molar-refractivity contribution in [2.45, 2.75) is 50.9 Å². The molecule has 1 amide bonds. The monoisotopic (exact) mass is 279 g/mol. The number of aromatic nitrogens is 3. The van der Waals surface area contributed by atoms with Crippen LogP contribution in [0.25, 0.3) is 0 Å². The zero-order valence-corrected chi connectivity index (χ0v) is 12.1. The lowest BCUT2D eigenvalue weighted by Gasteiger charge is -2.37. The summed E-state index contributed by atoms with van der Waals surface area (Å²) in [7, 11) is 0.